The second-order valence-electron chi connectivity index (χ2n) is 9.76. The molecule has 0 bridgehead atoms. The first-order chi connectivity index (χ1) is 17.6. The SMILES string of the molecule is O=C(c1ccc(-c2cnc3ncc(C4(c5ccc6ncccc6c5)CC4)n3n2)cc1)N1CC[C@@H](O)C1. The number of hydrogen-bond acceptors (Lipinski definition) is 6. The van der Waals surface area contributed by atoms with Gasteiger partial charge in [-0.3, -0.25) is 9.78 Å². The Balaban J connectivity index is 1.22. The molecule has 1 saturated carbocycles. The summed E-state index contributed by atoms with van der Waals surface area (Å²) < 4.78 is 1.86. The number of amides is 1. The molecule has 8 nitrogen and oxygen atoms in total. The lowest BCUT2D eigenvalue weighted by Gasteiger charge is -2.16. The van der Waals surface area contributed by atoms with Crippen LogP contribution in [-0.2, 0) is 5.41 Å². The normalized spacial score (nSPS) is 18.7. The number of β-amino-alcohol motifs (C(OH)–C–C–N with tert-alkyl or cyclic N) is 1. The molecule has 36 heavy (non-hydrogen) atoms. The van der Waals surface area contributed by atoms with Crippen molar-refractivity contribution in [2.75, 3.05) is 13.1 Å². The zero-order valence-corrected chi connectivity index (χ0v) is 19.6. The van der Waals surface area contributed by atoms with Crippen LogP contribution in [0.5, 0.6) is 0 Å². The van der Waals surface area contributed by atoms with Crippen molar-refractivity contribution >= 4 is 22.6 Å². The Morgan fingerprint density at radius 3 is 2.61 bits per heavy atom. The molecule has 1 atom stereocenters. The third-order valence-corrected chi connectivity index (χ3v) is 7.50. The summed E-state index contributed by atoms with van der Waals surface area (Å²) in [6.45, 7) is 0.977. The molecule has 8 heteroatoms. The fraction of sp³-hybridized carbons (Fsp3) is 0.250. The van der Waals surface area contributed by atoms with Crippen molar-refractivity contribution in [3.8, 4) is 11.3 Å². The molecule has 0 radical (unpaired) electrons. The summed E-state index contributed by atoms with van der Waals surface area (Å²) in [6, 6.07) is 17.9. The number of imidazole rings is 1. The van der Waals surface area contributed by atoms with Crippen LogP contribution in [0.3, 0.4) is 0 Å². The van der Waals surface area contributed by atoms with Crippen molar-refractivity contribution in [3.05, 3.63) is 90.0 Å². The number of nitrogens with zero attached hydrogens (tertiary/aromatic N) is 6. The molecule has 1 N–H and O–H groups in total. The van der Waals surface area contributed by atoms with Gasteiger partial charge >= 0.3 is 0 Å². The highest BCUT2D eigenvalue weighted by Gasteiger charge is 2.48. The Morgan fingerprint density at radius 1 is 1.00 bits per heavy atom. The van der Waals surface area contributed by atoms with Crippen molar-refractivity contribution in [2.24, 2.45) is 0 Å². The topological polar surface area (TPSA) is 96.5 Å². The molecule has 7 rings (SSSR count). The largest absolute Gasteiger partial charge is 0.391 e. The summed E-state index contributed by atoms with van der Waals surface area (Å²) in [4.78, 5) is 28.0. The number of aliphatic hydroxyl groups excluding tert-OH is 1. The second-order valence-corrected chi connectivity index (χ2v) is 9.76. The number of carbonyl (C=O) groups is 1. The lowest BCUT2D eigenvalue weighted by molar-refractivity contribution is 0.0765. The van der Waals surface area contributed by atoms with E-state index in [1.165, 1.54) is 5.56 Å². The number of aromatic nitrogens is 5. The molecule has 178 valence electrons. The van der Waals surface area contributed by atoms with Gasteiger partial charge in [-0.25, -0.2) is 9.97 Å². The predicted molar refractivity (Wildman–Crippen MR) is 135 cm³/mol. The highest BCUT2D eigenvalue weighted by Crippen LogP contribution is 2.53. The van der Waals surface area contributed by atoms with Crippen LogP contribution in [0.25, 0.3) is 27.9 Å². The molecule has 5 aromatic rings. The lowest BCUT2D eigenvalue weighted by Crippen LogP contribution is -2.29. The van der Waals surface area contributed by atoms with Gasteiger partial charge < -0.3 is 10.0 Å². The Morgan fingerprint density at radius 2 is 1.83 bits per heavy atom. The van der Waals surface area contributed by atoms with Crippen molar-refractivity contribution < 1.29 is 9.90 Å². The van der Waals surface area contributed by atoms with Gasteiger partial charge in [0.1, 0.15) is 5.69 Å². The summed E-state index contributed by atoms with van der Waals surface area (Å²) >= 11 is 0. The monoisotopic (exact) mass is 476 g/mol. The fourth-order valence-corrected chi connectivity index (χ4v) is 5.32. The summed E-state index contributed by atoms with van der Waals surface area (Å²) in [5, 5.41) is 15.8. The zero-order chi connectivity index (χ0) is 24.3. The van der Waals surface area contributed by atoms with Gasteiger partial charge in [-0.1, -0.05) is 24.3 Å². The summed E-state index contributed by atoms with van der Waals surface area (Å²) in [5.41, 5.74) is 5.34. The van der Waals surface area contributed by atoms with Gasteiger partial charge in [0.2, 0.25) is 0 Å². The smallest absolute Gasteiger partial charge is 0.253 e. The molecule has 4 heterocycles. The number of pyridine rings is 1. The molecular formula is C28H24N6O2. The first-order valence-corrected chi connectivity index (χ1v) is 12.3. The Bertz CT molecular complexity index is 1620. The molecule has 2 fully saturated rings. The third-order valence-electron chi connectivity index (χ3n) is 7.50. The van der Waals surface area contributed by atoms with E-state index in [1.807, 2.05) is 47.2 Å². The van der Waals surface area contributed by atoms with Gasteiger partial charge in [0, 0.05) is 41.2 Å². The Labute approximate surface area is 207 Å². The van der Waals surface area contributed by atoms with E-state index in [2.05, 4.69) is 39.2 Å². The number of benzene rings is 2. The summed E-state index contributed by atoms with van der Waals surface area (Å²) in [7, 11) is 0. The third kappa shape index (κ3) is 3.37. The summed E-state index contributed by atoms with van der Waals surface area (Å²) in [6.07, 6.45) is 7.69. The van der Waals surface area contributed by atoms with Crippen molar-refractivity contribution in [2.45, 2.75) is 30.8 Å². The van der Waals surface area contributed by atoms with Gasteiger partial charge in [-0.05, 0) is 55.2 Å². The van der Waals surface area contributed by atoms with Gasteiger partial charge in [0.25, 0.3) is 11.7 Å². The van der Waals surface area contributed by atoms with E-state index < -0.39 is 6.10 Å². The van der Waals surface area contributed by atoms with Crippen LogP contribution in [0.15, 0.2) is 73.2 Å². The van der Waals surface area contributed by atoms with Crippen LogP contribution in [0.4, 0.5) is 0 Å². The Kier molecular flexibility index (Phi) is 4.65. The number of aliphatic hydroxyl groups is 1. The molecular weight excluding hydrogens is 452 g/mol. The average Bonchev–Trinajstić information content (AvgIpc) is 3.42. The van der Waals surface area contributed by atoms with E-state index in [0.29, 0.717) is 30.9 Å². The predicted octanol–water partition coefficient (Wildman–Crippen LogP) is 3.63. The van der Waals surface area contributed by atoms with Crippen LogP contribution in [-0.4, -0.2) is 59.7 Å². The number of hydrogen-bond donors (Lipinski definition) is 1. The fourth-order valence-electron chi connectivity index (χ4n) is 5.32. The van der Waals surface area contributed by atoms with E-state index in [0.717, 1.165) is 40.7 Å². The standard InChI is InChI=1S/C28H24N6O2/c35-22-9-13-33(17-22)26(36)19-5-3-18(4-6-19)24-15-30-27-31-16-25(34(27)32-24)28(10-11-28)21-7-8-23-20(14-21)2-1-12-29-23/h1-8,12,14-16,22,35H,9-11,13,17H2/t22-/m1/s1. The number of likely N-dealkylation sites (tertiary alicyclic amines) is 1. The minimum atomic E-state index is -0.430. The van der Waals surface area contributed by atoms with E-state index >= 15 is 0 Å². The number of carbonyl (C=O) groups excluding carboxylic acids is 1. The van der Waals surface area contributed by atoms with Gasteiger partial charge in [-0.2, -0.15) is 9.61 Å². The first kappa shape index (κ1) is 21.1. The molecule has 2 aromatic carbocycles. The molecule has 0 unspecified atom stereocenters. The van der Waals surface area contributed by atoms with Crippen LogP contribution in [0, 0.1) is 0 Å². The van der Waals surface area contributed by atoms with E-state index in [9.17, 15) is 9.90 Å². The molecule has 1 aliphatic carbocycles. The number of rotatable bonds is 4. The van der Waals surface area contributed by atoms with Crippen LogP contribution >= 0.6 is 0 Å². The molecule has 1 saturated heterocycles. The van der Waals surface area contributed by atoms with Crippen molar-refractivity contribution in [3.63, 3.8) is 0 Å². The van der Waals surface area contributed by atoms with Gasteiger partial charge in [0.15, 0.2) is 0 Å². The van der Waals surface area contributed by atoms with E-state index in [1.54, 1.807) is 11.1 Å². The maximum Gasteiger partial charge on any atom is 0.253 e. The molecule has 1 aliphatic heterocycles. The molecule has 3 aromatic heterocycles. The minimum Gasteiger partial charge on any atom is -0.391 e. The van der Waals surface area contributed by atoms with Crippen LogP contribution in [0.2, 0.25) is 0 Å². The van der Waals surface area contributed by atoms with E-state index in [4.69, 9.17) is 5.10 Å². The van der Waals surface area contributed by atoms with Gasteiger partial charge in [0.05, 0.1) is 29.7 Å². The maximum atomic E-state index is 12.7. The minimum absolute atomic E-state index is 0.0576. The summed E-state index contributed by atoms with van der Waals surface area (Å²) in [5.74, 6) is 0.514. The van der Waals surface area contributed by atoms with Crippen LogP contribution in [0.1, 0.15) is 40.9 Å². The maximum absolute atomic E-state index is 12.7. The number of fused-ring (bicyclic) bond motifs is 2. The zero-order valence-electron chi connectivity index (χ0n) is 19.6. The average molecular weight is 477 g/mol. The molecule has 0 spiro atoms. The van der Waals surface area contributed by atoms with E-state index in [-0.39, 0.29) is 11.3 Å². The first-order valence-electron chi connectivity index (χ1n) is 12.3. The lowest BCUT2D eigenvalue weighted by atomic mass is 9.91. The molecule has 1 amide bonds. The van der Waals surface area contributed by atoms with Crippen LogP contribution < -0.4 is 0 Å². The second kappa shape index (κ2) is 7.93. The molecule has 2 aliphatic rings. The van der Waals surface area contributed by atoms with Crippen molar-refractivity contribution in [1.82, 2.24) is 29.5 Å². The quantitative estimate of drug-likeness (QED) is 0.426. The van der Waals surface area contributed by atoms with Crippen molar-refractivity contribution in [1.29, 1.82) is 0 Å². The van der Waals surface area contributed by atoms with Gasteiger partial charge in [-0.15, -0.1) is 0 Å². The Hall–Kier alpha value is -4.17. The highest BCUT2D eigenvalue weighted by atomic mass is 16.3. The highest BCUT2D eigenvalue weighted by molar-refractivity contribution is 5.94.